The third-order valence-electron chi connectivity index (χ3n) is 7.57. The van der Waals surface area contributed by atoms with Crippen LogP contribution in [0.2, 0.25) is 0 Å². The molecule has 35 heavy (non-hydrogen) atoms. The van der Waals surface area contributed by atoms with E-state index < -0.39 is 0 Å². The molecule has 0 atom stereocenters. The van der Waals surface area contributed by atoms with Gasteiger partial charge in [-0.15, -0.1) is 11.8 Å². The summed E-state index contributed by atoms with van der Waals surface area (Å²) < 4.78 is 10.6. The fourth-order valence-corrected chi connectivity index (χ4v) is 7.69. The molecular formula is C32H24O2S. The second kappa shape index (κ2) is 7.66. The van der Waals surface area contributed by atoms with Crippen molar-refractivity contribution in [2.24, 2.45) is 0 Å². The van der Waals surface area contributed by atoms with Crippen molar-refractivity contribution in [2.45, 2.75) is 10.7 Å². The van der Waals surface area contributed by atoms with Crippen LogP contribution in [0.5, 0.6) is 11.5 Å². The van der Waals surface area contributed by atoms with Crippen LogP contribution in [0.1, 0.15) is 39.3 Å². The second-order valence-electron chi connectivity index (χ2n) is 9.18. The average Bonchev–Trinajstić information content (AvgIpc) is 3.35. The summed E-state index contributed by atoms with van der Waals surface area (Å²) >= 11 is 1.98. The molecule has 4 aromatic rings. The van der Waals surface area contributed by atoms with Crippen LogP contribution in [0.25, 0.3) is 10.5 Å². The molecular weight excluding hydrogens is 448 g/mol. The minimum absolute atomic E-state index is 0.208. The van der Waals surface area contributed by atoms with E-state index in [1.807, 2.05) is 11.8 Å². The minimum atomic E-state index is -0.257. The molecule has 170 valence electrons. The van der Waals surface area contributed by atoms with Gasteiger partial charge in [0.2, 0.25) is 0 Å². The van der Waals surface area contributed by atoms with Gasteiger partial charge in [-0.2, -0.15) is 0 Å². The number of ether oxygens (including phenoxy) is 2. The van der Waals surface area contributed by atoms with Gasteiger partial charge in [-0.1, -0.05) is 72.8 Å². The predicted octanol–water partition coefficient (Wildman–Crippen LogP) is 7.65. The molecule has 0 fully saturated rings. The highest BCUT2D eigenvalue weighted by atomic mass is 32.2. The lowest BCUT2D eigenvalue weighted by molar-refractivity contribution is 0.414. The van der Waals surface area contributed by atoms with Gasteiger partial charge in [-0.25, -0.2) is 0 Å². The van der Waals surface area contributed by atoms with Crippen LogP contribution in [0.3, 0.4) is 0 Å². The fraction of sp³-hybridized carbons (Fsp3) is 0.125. The summed E-state index contributed by atoms with van der Waals surface area (Å²) in [5.74, 6) is 1.97. The van der Waals surface area contributed by atoms with E-state index in [0.717, 1.165) is 11.5 Å². The number of hydrogen-bond acceptors (Lipinski definition) is 3. The molecule has 0 unspecified atom stereocenters. The van der Waals surface area contributed by atoms with E-state index in [0.29, 0.717) is 0 Å². The van der Waals surface area contributed by atoms with Crippen molar-refractivity contribution < 1.29 is 9.47 Å². The largest absolute Gasteiger partial charge is 0.497 e. The monoisotopic (exact) mass is 472 g/mol. The third-order valence-corrected chi connectivity index (χ3v) is 9.11. The first-order chi connectivity index (χ1) is 17.2. The molecule has 2 nitrogen and oxygen atoms in total. The molecule has 0 amide bonds. The molecule has 8 rings (SSSR count). The van der Waals surface area contributed by atoms with Crippen molar-refractivity contribution in [2.75, 3.05) is 14.2 Å². The minimum Gasteiger partial charge on any atom is -0.497 e. The number of thioether (sulfide) groups is 1. The number of hydrogen-bond donors (Lipinski definition) is 0. The molecule has 1 aliphatic heterocycles. The third kappa shape index (κ3) is 2.79. The van der Waals surface area contributed by atoms with Crippen molar-refractivity contribution >= 4 is 22.2 Å². The Bertz CT molecular complexity index is 1480. The SMILES string of the molecule is COc1ccc(C2=CC3=C(c4ccc(OC)cc4)C4c5ccccc5C3(S2)c2ccccc24)cc1. The Hall–Kier alpha value is -3.69. The smallest absolute Gasteiger partial charge is 0.118 e. The lowest BCUT2D eigenvalue weighted by Gasteiger charge is -2.49. The maximum absolute atomic E-state index is 5.47. The highest BCUT2D eigenvalue weighted by molar-refractivity contribution is 8.10. The summed E-state index contributed by atoms with van der Waals surface area (Å²) in [5.41, 5.74) is 10.9. The van der Waals surface area contributed by atoms with Crippen LogP contribution in [0.4, 0.5) is 0 Å². The van der Waals surface area contributed by atoms with E-state index in [4.69, 9.17) is 9.47 Å². The quantitative estimate of drug-likeness (QED) is 0.304. The molecule has 0 radical (unpaired) electrons. The summed E-state index contributed by atoms with van der Waals surface area (Å²) in [5, 5.41) is 0. The van der Waals surface area contributed by atoms with Crippen LogP contribution in [-0.2, 0) is 4.75 Å². The number of rotatable bonds is 4. The standard InChI is InChI=1S/C32H24O2S/c1-33-22-15-11-20(12-16-22)29-19-28-30(21-13-17-23(34-2)18-14-21)31-24-7-3-5-9-26(24)32(28,35-29)27-10-6-4-8-25(27)31/h3-19,31H,1-2H3. The molecule has 4 aromatic carbocycles. The maximum Gasteiger partial charge on any atom is 0.118 e. The van der Waals surface area contributed by atoms with Crippen LogP contribution >= 0.6 is 11.8 Å². The first-order valence-corrected chi connectivity index (χ1v) is 12.7. The van der Waals surface area contributed by atoms with E-state index in [9.17, 15) is 0 Å². The maximum atomic E-state index is 5.47. The molecule has 0 saturated carbocycles. The molecule has 0 N–H and O–H groups in total. The zero-order valence-electron chi connectivity index (χ0n) is 19.6. The van der Waals surface area contributed by atoms with Gasteiger partial charge in [-0.05, 0) is 74.9 Å². The Morgan fingerprint density at radius 1 is 0.629 bits per heavy atom. The Kier molecular flexibility index (Phi) is 4.52. The molecule has 1 spiro atoms. The molecule has 2 bridgehead atoms. The van der Waals surface area contributed by atoms with E-state index >= 15 is 0 Å². The van der Waals surface area contributed by atoms with Crippen LogP contribution in [0, 0.1) is 0 Å². The molecule has 0 aromatic heterocycles. The van der Waals surface area contributed by atoms with Crippen molar-refractivity contribution in [3.63, 3.8) is 0 Å². The first kappa shape index (κ1) is 20.7. The van der Waals surface area contributed by atoms with Crippen LogP contribution in [-0.4, -0.2) is 14.2 Å². The van der Waals surface area contributed by atoms with Crippen molar-refractivity contribution in [3.8, 4) is 11.5 Å². The van der Waals surface area contributed by atoms with Gasteiger partial charge in [0.1, 0.15) is 11.5 Å². The summed E-state index contributed by atoms with van der Waals surface area (Å²) in [6, 6.07) is 35.1. The number of methoxy groups -OCH3 is 2. The Labute approximate surface area is 209 Å². The van der Waals surface area contributed by atoms with Crippen molar-refractivity contribution in [1.29, 1.82) is 0 Å². The molecule has 1 heterocycles. The van der Waals surface area contributed by atoms with Crippen molar-refractivity contribution in [3.05, 3.63) is 142 Å². The highest BCUT2D eigenvalue weighted by Gasteiger charge is 2.55. The zero-order valence-corrected chi connectivity index (χ0v) is 20.4. The molecule has 3 aliphatic carbocycles. The Balaban J connectivity index is 1.52. The fourth-order valence-electron chi connectivity index (χ4n) is 6.06. The van der Waals surface area contributed by atoms with Gasteiger partial charge in [0.05, 0.1) is 19.0 Å². The van der Waals surface area contributed by atoms with Gasteiger partial charge in [0.15, 0.2) is 0 Å². The summed E-state index contributed by atoms with van der Waals surface area (Å²) in [4.78, 5) is 1.29. The van der Waals surface area contributed by atoms with E-state index in [1.54, 1.807) is 14.2 Å². The lowest BCUT2D eigenvalue weighted by Crippen LogP contribution is -2.37. The first-order valence-electron chi connectivity index (χ1n) is 11.9. The van der Waals surface area contributed by atoms with Gasteiger partial charge in [0.25, 0.3) is 0 Å². The van der Waals surface area contributed by atoms with Gasteiger partial charge < -0.3 is 9.47 Å². The van der Waals surface area contributed by atoms with Crippen LogP contribution < -0.4 is 9.47 Å². The van der Waals surface area contributed by atoms with Gasteiger partial charge in [-0.3, -0.25) is 0 Å². The highest BCUT2D eigenvalue weighted by Crippen LogP contribution is 2.70. The van der Waals surface area contributed by atoms with E-state index in [1.165, 1.54) is 49.4 Å². The van der Waals surface area contributed by atoms with Crippen molar-refractivity contribution in [1.82, 2.24) is 0 Å². The molecule has 0 saturated heterocycles. The van der Waals surface area contributed by atoms with Gasteiger partial charge in [0, 0.05) is 10.8 Å². The number of allylic oxidation sites excluding steroid dienone is 2. The predicted molar refractivity (Wildman–Crippen MR) is 144 cm³/mol. The summed E-state index contributed by atoms with van der Waals surface area (Å²) in [6.07, 6.45) is 2.44. The summed E-state index contributed by atoms with van der Waals surface area (Å²) in [6.45, 7) is 0. The Morgan fingerprint density at radius 3 is 1.69 bits per heavy atom. The molecule has 4 aliphatic rings. The zero-order chi connectivity index (χ0) is 23.6. The van der Waals surface area contributed by atoms with Gasteiger partial charge >= 0.3 is 0 Å². The van der Waals surface area contributed by atoms with E-state index in [2.05, 4.69) is 103 Å². The summed E-state index contributed by atoms with van der Waals surface area (Å²) in [7, 11) is 3.43. The Morgan fingerprint density at radius 2 is 1.14 bits per heavy atom. The lowest BCUT2D eigenvalue weighted by atomic mass is 9.59. The normalized spacial score (nSPS) is 21.2. The second-order valence-corrected chi connectivity index (χ2v) is 10.4. The number of benzene rings is 4. The van der Waals surface area contributed by atoms with E-state index in [-0.39, 0.29) is 10.7 Å². The molecule has 3 heteroatoms. The average molecular weight is 473 g/mol. The topological polar surface area (TPSA) is 18.5 Å². The van der Waals surface area contributed by atoms with Crippen LogP contribution in [0.15, 0.2) is 109 Å².